The minimum absolute atomic E-state index is 0.0239. The standard InChI is InChI=1S/C21H24N8O8S/c1-36-17-11(20-25-15(29-37-20)9-22-38(2)35)4-3-5-12(17)23-13-8-14(24-18(30)10-6-7-10)27-28-16(13)19(31)26-21(32,33)34/h3-5,8,10,22,32-34H,6-7,9H2,1-2H3,(H,26,31)(H2,23,24,27,30). The predicted molar refractivity (Wildman–Crippen MR) is 131 cm³/mol. The van der Waals surface area contributed by atoms with Crippen LogP contribution in [0, 0.1) is 5.92 Å². The lowest BCUT2D eigenvalue weighted by molar-refractivity contribution is -0.323. The van der Waals surface area contributed by atoms with E-state index in [1.165, 1.54) is 19.4 Å². The summed E-state index contributed by atoms with van der Waals surface area (Å²) >= 11 is 0. The number of anilines is 3. The fourth-order valence-corrected chi connectivity index (χ4v) is 3.60. The van der Waals surface area contributed by atoms with E-state index in [1.54, 1.807) is 23.5 Å². The third-order valence-corrected chi connectivity index (χ3v) is 5.66. The maximum Gasteiger partial charge on any atom is 0.369 e. The lowest BCUT2D eigenvalue weighted by Gasteiger charge is -2.18. The molecule has 0 spiro atoms. The van der Waals surface area contributed by atoms with Gasteiger partial charge in [-0.05, 0) is 25.0 Å². The van der Waals surface area contributed by atoms with E-state index in [-0.39, 0.29) is 47.3 Å². The second kappa shape index (κ2) is 11.2. The van der Waals surface area contributed by atoms with Gasteiger partial charge in [-0.3, -0.25) is 14.9 Å². The van der Waals surface area contributed by atoms with Crippen LogP contribution in [-0.4, -0.2) is 71.1 Å². The highest BCUT2D eigenvalue weighted by Crippen LogP contribution is 2.38. The van der Waals surface area contributed by atoms with Gasteiger partial charge in [-0.1, -0.05) is 11.2 Å². The van der Waals surface area contributed by atoms with Gasteiger partial charge in [0, 0.05) is 18.2 Å². The van der Waals surface area contributed by atoms with E-state index in [4.69, 9.17) is 9.26 Å². The number of nitrogens with zero attached hydrogens (tertiary/aromatic N) is 4. The average molecular weight is 549 g/mol. The van der Waals surface area contributed by atoms with Gasteiger partial charge in [0.1, 0.15) is 0 Å². The van der Waals surface area contributed by atoms with Gasteiger partial charge in [-0.2, -0.15) is 4.98 Å². The van der Waals surface area contributed by atoms with E-state index in [0.717, 1.165) is 12.8 Å². The number of aromatic nitrogens is 4. The second-order valence-corrected chi connectivity index (χ2v) is 9.34. The van der Waals surface area contributed by atoms with Crippen LogP contribution in [0.4, 0.5) is 17.2 Å². The highest BCUT2D eigenvalue weighted by Gasteiger charge is 2.31. The van der Waals surface area contributed by atoms with E-state index in [0.29, 0.717) is 11.3 Å². The first-order valence-corrected chi connectivity index (χ1v) is 12.6. The number of carbonyl (C=O) groups is 2. The summed E-state index contributed by atoms with van der Waals surface area (Å²) in [5.41, 5.74) is 0.206. The Balaban J connectivity index is 1.68. The first-order chi connectivity index (χ1) is 18.0. The molecule has 0 aliphatic heterocycles. The summed E-state index contributed by atoms with van der Waals surface area (Å²) in [5, 5.41) is 46.1. The predicted octanol–water partition coefficient (Wildman–Crippen LogP) is -0.672. The molecule has 3 aromatic rings. The molecule has 1 atom stereocenters. The number of ether oxygens (including phenoxy) is 1. The Bertz CT molecular complexity index is 1370. The van der Waals surface area contributed by atoms with Crippen LogP contribution in [-0.2, 0) is 22.3 Å². The molecule has 16 nitrogen and oxygen atoms in total. The number of amides is 2. The lowest BCUT2D eigenvalue weighted by Crippen LogP contribution is -2.48. The Labute approximate surface area is 217 Å². The van der Waals surface area contributed by atoms with Gasteiger partial charge in [-0.15, -0.1) is 10.2 Å². The third kappa shape index (κ3) is 6.84. The maximum atomic E-state index is 12.6. The van der Waals surface area contributed by atoms with Gasteiger partial charge < -0.3 is 35.2 Å². The van der Waals surface area contributed by atoms with Crippen LogP contribution in [0.1, 0.15) is 29.2 Å². The summed E-state index contributed by atoms with van der Waals surface area (Å²) in [5.74, 6) is -0.967. The molecule has 17 heteroatoms. The molecule has 2 heterocycles. The van der Waals surface area contributed by atoms with E-state index < -0.39 is 28.7 Å². The quantitative estimate of drug-likeness (QED) is 0.147. The number of hydrogen-bond donors (Lipinski definition) is 7. The molecule has 0 bridgehead atoms. The number of methoxy groups -OCH3 is 1. The molecule has 2 aromatic heterocycles. The number of carbonyl (C=O) groups excluding carboxylic acids is 2. The van der Waals surface area contributed by atoms with E-state index in [9.17, 15) is 29.1 Å². The molecule has 1 aromatic carbocycles. The van der Waals surface area contributed by atoms with Crippen LogP contribution in [0.15, 0.2) is 28.8 Å². The summed E-state index contributed by atoms with van der Waals surface area (Å²) < 4.78 is 24.8. The molecule has 1 aliphatic rings. The Morgan fingerprint density at radius 3 is 2.63 bits per heavy atom. The molecule has 1 unspecified atom stereocenters. The molecule has 2 amide bonds. The SMILES string of the molecule is COc1c(Nc2cc(NC(=O)C3CC3)nnc2C(=O)NC(O)(O)O)cccc1-c1nc(CNS(C)=O)no1. The summed E-state index contributed by atoms with van der Waals surface area (Å²) in [7, 11) is 0.114. The van der Waals surface area contributed by atoms with Gasteiger partial charge >= 0.3 is 6.10 Å². The summed E-state index contributed by atoms with van der Waals surface area (Å²) in [6.07, 6.45) is -0.540. The van der Waals surface area contributed by atoms with Crippen molar-refractivity contribution in [3.8, 4) is 17.2 Å². The van der Waals surface area contributed by atoms with Crippen LogP contribution < -0.4 is 25.4 Å². The molecule has 38 heavy (non-hydrogen) atoms. The van der Waals surface area contributed by atoms with Crippen LogP contribution in [0.25, 0.3) is 11.5 Å². The Hall–Kier alpha value is -4.03. The third-order valence-electron chi connectivity index (χ3n) is 5.11. The number of nitrogens with one attached hydrogen (secondary N) is 4. The van der Waals surface area contributed by atoms with Gasteiger partial charge in [0.15, 0.2) is 23.1 Å². The van der Waals surface area contributed by atoms with Crippen molar-refractivity contribution in [2.45, 2.75) is 25.5 Å². The number of benzene rings is 1. The zero-order chi connectivity index (χ0) is 27.4. The van der Waals surface area contributed by atoms with Crippen molar-refractivity contribution in [2.75, 3.05) is 24.0 Å². The van der Waals surface area contributed by atoms with E-state index in [1.807, 2.05) is 0 Å². The molecular formula is C21H24N8O8S. The van der Waals surface area contributed by atoms with Gasteiger partial charge in [0.05, 0.1) is 41.6 Å². The fourth-order valence-electron chi connectivity index (χ4n) is 3.27. The van der Waals surface area contributed by atoms with Crippen molar-refractivity contribution in [2.24, 2.45) is 5.92 Å². The largest absolute Gasteiger partial charge is 0.494 e. The Morgan fingerprint density at radius 2 is 1.97 bits per heavy atom. The first kappa shape index (κ1) is 27.0. The molecule has 0 radical (unpaired) electrons. The fraction of sp³-hybridized carbons (Fsp3) is 0.333. The number of rotatable bonds is 11. The summed E-state index contributed by atoms with van der Waals surface area (Å²) in [6, 6.07) is 6.18. The minimum atomic E-state index is -3.51. The molecule has 7 N–H and O–H groups in total. The minimum Gasteiger partial charge on any atom is -0.494 e. The van der Waals surface area contributed by atoms with E-state index >= 15 is 0 Å². The molecule has 1 aliphatic carbocycles. The number of hydrogen-bond acceptors (Lipinski definition) is 13. The van der Waals surface area contributed by atoms with Crippen LogP contribution in [0.5, 0.6) is 5.75 Å². The summed E-state index contributed by atoms with van der Waals surface area (Å²) in [6.45, 7) is 0.103. The second-order valence-electron chi connectivity index (χ2n) is 8.15. The maximum absolute atomic E-state index is 12.6. The highest BCUT2D eigenvalue weighted by molar-refractivity contribution is 7.82. The zero-order valence-electron chi connectivity index (χ0n) is 20.1. The Kier molecular flexibility index (Phi) is 7.93. The van der Waals surface area contributed by atoms with Crippen LogP contribution >= 0.6 is 0 Å². The van der Waals surface area contributed by atoms with Gasteiger partial charge in [0.25, 0.3) is 11.8 Å². The van der Waals surface area contributed by atoms with Crippen molar-refractivity contribution in [3.63, 3.8) is 0 Å². The molecule has 1 saturated carbocycles. The smallest absolute Gasteiger partial charge is 0.369 e. The van der Waals surface area contributed by atoms with Crippen molar-refractivity contribution < 1.29 is 38.4 Å². The lowest BCUT2D eigenvalue weighted by atomic mass is 10.1. The van der Waals surface area contributed by atoms with Gasteiger partial charge in [-0.25, -0.2) is 8.93 Å². The van der Waals surface area contributed by atoms with Crippen LogP contribution in [0.3, 0.4) is 0 Å². The first-order valence-electron chi connectivity index (χ1n) is 11.1. The molecule has 202 valence electrons. The molecule has 1 fully saturated rings. The molecule has 0 saturated heterocycles. The number of para-hydroxylation sites is 1. The van der Waals surface area contributed by atoms with Gasteiger partial charge in [0.2, 0.25) is 5.91 Å². The summed E-state index contributed by atoms with van der Waals surface area (Å²) in [4.78, 5) is 29.0. The highest BCUT2D eigenvalue weighted by atomic mass is 32.2. The molecular weight excluding hydrogens is 524 g/mol. The van der Waals surface area contributed by atoms with Crippen molar-refractivity contribution in [1.82, 2.24) is 30.4 Å². The van der Waals surface area contributed by atoms with E-state index in [2.05, 4.69) is 35.7 Å². The van der Waals surface area contributed by atoms with Crippen molar-refractivity contribution in [1.29, 1.82) is 0 Å². The normalized spacial score (nSPS) is 14.0. The Morgan fingerprint density at radius 1 is 1.21 bits per heavy atom. The van der Waals surface area contributed by atoms with Crippen molar-refractivity contribution >= 4 is 40.0 Å². The average Bonchev–Trinajstić information content (AvgIpc) is 3.59. The zero-order valence-corrected chi connectivity index (χ0v) is 20.9. The number of aliphatic hydroxyl groups is 3. The molecule has 4 rings (SSSR count). The van der Waals surface area contributed by atoms with Crippen LogP contribution in [0.2, 0.25) is 0 Å². The topological polar surface area (TPSA) is 234 Å². The van der Waals surface area contributed by atoms with Crippen molar-refractivity contribution in [3.05, 3.63) is 35.8 Å². The monoisotopic (exact) mass is 548 g/mol.